The molecule has 0 saturated heterocycles. The first kappa shape index (κ1) is 8.73. The Balaban J connectivity index is 2.57. The van der Waals surface area contributed by atoms with Gasteiger partial charge in [-0.2, -0.15) is 5.26 Å². The minimum atomic E-state index is -0.567. The van der Waals surface area contributed by atoms with Crippen molar-refractivity contribution in [3.63, 3.8) is 0 Å². The van der Waals surface area contributed by atoms with E-state index in [9.17, 15) is 0 Å². The van der Waals surface area contributed by atoms with E-state index >= 15 is 0 Å². The van der Waals surface area contributed by atoms with E-state index < -0.39 is 6.04 Å². The molecule has 0 radical (unpaired) electrons. The molecular weight excluding hydrogens is 176 g/mol. The summed E-state index contributed by atoms with van der Waals surface area (Å²) in [6.07, 6.45) is 0. The normalized spacial score (nSPS) is 12.6. The third-order valence-electron chi connectivity index (χ3n) is 2.12. The summed E-state index contributed by atoms with van der Waals surface area (Å²) in [6.45, 7) is 1.89. The molecule has 0 aliphatic heterocycles. The lowest BCUT2D eigenvalue weighted by Gasteiger charge is -2.01. The summed E-state index contributed by atoms with van der Waals surface area (Å²) < 4.78 is 0. The molecule has 0 saturated carbocycles. The van der Waals surface area contributed by atoms with Gasteiger partial charge in [0.25, 0.3) is 0 Å². The Labute approximate surface area is 81.4 Å². The Hall–Kier alpha value is -1.86. The van der Waals surface area contributed by atoms with Gasteiger partial charge in [-0.3, -0.25) is 0 Å². The van der Waals surface area contributed by atoms with Gasteiger partial charge in [0.05, 0.1) is 17.1 Å². The van der Waals surface area contributed by atoms with Crippen LogP contribution in [-0.2, 0) is 0 Å². The largest absolute Gasteiger partial charge is 0.342 e. The van der Waals surface area contributed by atoms with Crippen LogP contribution < -0.4 is 5.73 Å². The molecule has 4 nitrogen and oxygen atoms in total. The summed E-state index contributed by atoms with van der Waals surface area (Å²) in [5, 5.41) is 8.66. The zero-order valence-electron chi connectivity index (χ0n) is 7.78. The third kappa shape index (κ3) is 1.34. The maximum Gasteiger partial charge on any atom is 0.118 e. The summed E-state index contributed by atoms with van der Waals surface area (Å²) in [5.41, 5.74) is 8.23. The van der Waals surface area contributed by atoms with Crippen LogP contribution >= 0.6 is 0 Å². The van der Waals surface area contributed by atoms with Crippen molar-refractivity contribution in [1.29, 1.82) is 5.26 Å². The molecule has 0 fully saturated rings. The van der Waals surface area contributed by atoms with Gasteiger partial charge in [-0.1, -0.05) is 6.07 Å². The molecule has 70 valence electrons. The molecule has 2 rings (SSSR count). The number of hydrogen-bond acceptors (Lipinski definition) is 3. The average molecular weight is 186 g/mol. The quantitative estimate of drug-likeness (QED) is 0.706. The van der Waals surface area contributed by atoms with Crippen molar-refractivity contribution >= 4 is 11.0 Å². The van der Waals surface area contributed by atoms with Crippen molar-refractivity contribution in [3.8, 4) is 6.07 Å². The molecule has 0 bridgehead atoms. The SMILES string of the molecule is Cc1nc2ccc(C(N)C#N)cc2[nH]1. The molecule has 0 aliphatic carbocycles. The van der Waals surface area contributed by atoms with Crippen LogP contribution in [0.15, 0.2) is 18.2 Å². The molecule has 1 atom stereocenters. The van der Waals surface area contributed by atoms with Crippen LogP contribution in [0.1, 0.15) is 17.4 Å². The van der Waals surface area contributed by atoms with Crippen molar-refractivity contribution in [2.75, 3.05) is 0 Å². The second-order valence-electron chi connectivity index (χ2n) is 3.21. The molecule has 3 N–H and O–H groups in total. The number of nitrogens with two attached hydrogens (primary N) is 1. The van der Waals surface area contributed by atoms with E-state index in [4.69, 9.17) is 11.0 Å². The maximum atomic E-state index is 8.66. The fourth-order valence-corrected chi connectivity index (χ4v) is 1.42. The van der Waals surface area contributed by atoms with Crippen LogP contribution in [0.5, 0.6) is 0 Å². The molecule has 0 amide bonds. The minimum absolute atomic E-state index is 0.567. The van der Waals surface area contributed by atoms with Crippen LogP contribution in [0.2, 0.25) is 0 Å². The number of nitrogens with zero attached hydrogens (tertiary/aromatic N) is 2. The fraction of sp³-hybridized carbons (Fsp3) is 0.200. The zero-order chi connectivity index (χ0) is 10.1. The number of fused-ring (bicyclic) bond motifs is 1. The summed E-state index contributed by atoms with van der Waals surface area (Å²) >= 11 is 0. The van der Waals surface area contributed by atoms with Crippen LogP contribution in [-0.4, -0.2) is 9.97 Å². The topological polar surface area (TPSA) is 78.5 Å². The highest BCUT2D eigenvalue weighted by molar-refractivity contribution is 5.76. The first-order valence-corrected chi connectivity index (χ1v) is 4.32. The number of nitrogens with one attached hydrogen (secondary N) is 1. The monoisotopic (exact) mass is 186 g/mol. The summed E-state index contributed by atoms with van der Waals surface area (Å²) in [7, 11) is 0. The molecule has 1 aromatic carbocycles. The van der Waals surface area contributed by atoms with Gasteiger partial charge in [0.1, 0.15) is 11.9 Å². The highest BCUT2D eigenvalue weighted by Crippen LogP contribution is 2.17. The molecule has 1 unspecified atom stereocenters. The van der Waals surface area contributed by atoms with E-state index in [1.807, 2.05) is 31.2 Å². The van der Waals surface area contributed by atoms with Crippen molar-refractivity contribution in [2.24, 2.45) is 5.73 Å². The van der Waals surface area contributed by atoms with Crippen molar-refractivity contribution in [1.82, 2.24) is 9.97 Å². The lowest BCUT2D eigenvalue weighted by atomic mass is 10.1. The number of benzene rings is 1. The smallest absolute Gasteiger partial charge is 0.118 e. The average Bonchev–Trinajstić information content (AvgIpc) is 2.55. The van der Waals surface area contributed by atoms with E-state index in [0.717, 1.165) is 22.4 Å². The number of H-pyrrole nitrogens is 1. The molecule has 1 aromatic heterocycles. The Bertz CT molecular complexity index is 506. The number of nitriles is 1. The van der Waals surface area contributed by atoms with E-state index in [0.29, 0.717) is 0 Å². The Kier molecular flexibility index (Phi) is 1.95. The number of aromatic nitrogens is 2. The second-order valence-corrected chi connectivity index (χ2v) is 3.21. The second kappa shape index (κ2) is 3.13. The summed E-state index contributed by atoms with van der Waals surface area (Å²) in [6, 6.07) is 6.99. The van der Waals surface area contributed by atoms with Crippen LogP contribution in [0, 0.1) is 18.3 Å². The van der Waals surface area contributed by atoms with E-state index in [2.05, 4.69) is 9.97 Å². The van der Waals surface area contributed by atoms with Gasteiger partial charge in [0.2, 0.25) is 0 Å². The summed E-state index contributed by atoms with van der Waals surface area (Å²) in [5.74, 6) is 0.864. The lowest BCUT2D eigenvalue weighted by Crippen LogP contribution is -2.06. The summed E-state index contributed by atoms with van der Waals surface area (Å²) in [4.78, 5) is 7.36. The van der Waals surface area contributed by atoms with Gasteiger partial charge in [-0.15, -0.1) is 0 Å². The highest BCUT2D eigenvalue weighted by atomic mass is 14.9. The van der Waals surface area contributed by atoms with Gasteiger partial charge in [-0.25, -0.2) is 4.98 Å². The van der Waals surface area contributed by atoms with Crippen molar-refractivity contribution in [2.45, 2.75) is 13.0 Å². The Morgan fingerprint density at radius 3 is 3.07 bits per heavy atom. The third-order valence-corrected chi connectivity index (χ3v) is 2.12. The van der Waals surface area contributed by atoms with Gasteiger partial charge >= 0.3 is 0 Å². The Morgan fingerprint density at radius 2 is 2.36 bits per heavy atom. The highest BCUT2D eigenvalue weighted by Gasteiger charge is 2.06. The van der Waals surface area contributed by atoms with Crippen LogP contribution in [0.4, 0.5) is 0 Å². The molecule has 4 heteroatoms. The maximum absolute atomic E-state index is 8.66. The standard InChI is InChI=1S/C10H10N4/c1-6-13-9-3-2-7(8(12)5-11)4-10(9)14-6/h2-4,8H,12H2,1H3,(H,13,14). The van der Waals surface area contributed by atoms with Crippen molar-refractivity contribution < 1.29 is 0 Å². The lowest BCUT2D eigenvalue weighted by molar-refractivity contribution is 0.928. The predicted octanol–water partition coefficient (Wildman–Crippen LogP) is 1.39. The molecule has 14 heavy (non-hydrogen) atoms. The number of hydrogen-bond donors (Lipinski definition) is 2. The van der Waals surface area contributed by atoms with E-state index in [-0.39, 0.29) is 0 Å². The Morgan fingerprint density at radius 1 is 1.57 bits per heavy atom. The van der Waals surface area contributed by atoms with Gasteiger partial charge in [0, 0.05) is 0 Å². The van der Waals surface area contributed by atoms with Gasteiger partial charge in [0.15, 0.2) is 0 Å². The minimum Gasteiger partial charge on any atom is -0.342 e. The molecule has 1 heterocycles. The number of rotatable bonds is 1. The molecule has 0 spiro atoms. The van der Waals surface area contributed by atoms with Gasteiger partial charge in [-0.05, 0) is 24.6 Å². The first-order chi connectivity index (χ1) is 6.70. The van der Waals surface area contributed by atoms with E-state index in [1.165, 1.54) is 0 Å². The van der Waals surface area contributed by atoms with Gasteiger partial charge < -0.3 is 10.7 Å². The first-order valence-electron chi connectivity index (χ1n) is 4.32. The molecule has 2 aromatic rings. The van der Waals surface area contributed by atoms with Crippen LogP contribution in [0.3, 0.4) is 0 Å². The predicted molar refractivity (Wildman–Crippen MR) is 53.4 cm³/mol. The van der Waals surface area contributed by atoms with Crippen molar-refractivity contribution in [3.05, 3.63) is 29.6 Å². The number of imidazole rings is 1. The number of aromatic amines is 1. The molecular formula is C10H10N4. The van der Waals surface area contributed by atoms with Crippen LogP contribution in [0.25, 0.3) is 11.0 Å². The van der Waals surface area contributed by atoms with E-state index in [1.54, 1.807) is 0 Å². The zero-order valence-corrected chi connectivity index (χ0v) is 7.78. The fourth-order valence-electron chi connectivity index (χ4n) is 1.42. The molecule has 0 aliphatic rings. The number of aryl methyl sites for hydroxylation is 1.